The van der Waals surface area contributed by atoms with Gasteiger partial charge < -0.3 is 4.74 Å². The summed E-state index contributed by atoms with van der Waals surface area (Å²) in [5.74, 6) is 0.667. The lowest BCUT2D eigenvalue weighted by Crippen LogP contribution is -2.50. The molecule has 24 heavy (non-hydrogen) atoms. The van der Waals surface area contributed by atoms with Gasteiger partial charge in [0.2, 0.25) is 5.91 Å². The van der Waals surface area contributed by atoms with E-state index in [4.69, 9.17) is 28.6 Å². The Morgan fingerprint density at radius 3 is 2.75 bits per heavy atom. The maximum Gasteiger partial charge on any atom is 0.245 e. The van der Waals surface area contributed by atoms with Crippen molar-refractivity contribution >= 4 is 56.1 Å². The molecule has 1 aliphatic rings. The highest BCUT2D eigenvalue weighted by Crippen LogP contribution is 2.53. The van der Waals surface area contributed by atoms with Crippen LogP contribution in [0.15, 0.2) is 18.2 Å². The molecule has 0 fully saturated rings. The number of halogens is 1. The number of benzene rings is 1. The van der Waals surface area contributed by atoms with Crippen molar-refractivity contribution < 1.29 is 9.53 Å². The Bertz CT molecular complexity index is 854. The topological polar surface area (TPSA) is 29.5 Å². The Labute approximate surface area is 159 Å². The number of hydrogen-bond donors (Lipinski definition) is 0. The van der Waals surface area contributed by atoms with Crippen molar-refractivity contribution in [3.8, 4) is 16.9 Å². The molecule has 0 spiro atoms. The number of carbonyl (C=O) groups excluding carboxylic acids is 1. The number of rotatable bonds is 3. The van der Waals surface area contributed by atoms with Crippen LogP contribution in [0.3, 0.4) is 0 Å². The summed E-state index contributed by atoms with van der Waals surface area (Å²) in [5.41, 5.74) is 2.34. The molecule has 1 aromatic heterocycles. The fourth-order valence-corrected chi connectivity index (χ4v) is 6.42. The summed E-state index contributed by atoms with van der Waals surface area (Å²) in [6.45, 7) is 8.33. The van der Waals surface area contributed by atoms with E-state index in [-0.39, 0.29) is 5.91 Å². The second-order valence-corrected chi connectivity index (χ2v) is 9.59. The zero-order chi connectivity index (χ0) is 17.6. The standard InChI is InChI=1S/C17H18ClNO2S3/c1-5-21-10-6-7-12-11(8-10)13-14(23-24-16(13)22)17(3,4)19(12)15(20)9(2)18/h6-9H,5H2,1-4H3. The van der Waals surface area contributed by atoms with Crippen LogP contribution >= 0.6 is 44.5 Å². The Balaban J connectivity index is 2.30. The molecule has 3 rings (SSSR count). The second kappa shape index (κ2) is 6.41. The fraction of sp³-hybridized carbons (Fsp3) is 0.412. The van der Waals surface area contributed by atoms with E-state index in [1.165, 1.54) is 0 Å². The number of hydrogen-bond acceptors (Lipinski definition) is 5. The SMILES string of the molecule is CCOc1ccc2c(c1)-c1c(ssc1=S)C(C)(C)N2C(=O)C(C)Cl. The summed E-state index contributed by atoms with van der Waals surface area (Å²) in [6.07, 6.45) is 0. The minimum Gasteiger partial charge on any atom is -0.494 e. The van der Waals surface area contributed by atoms with E-state index in [9.17, 15) is 4.79 Å². The minimum absolute atomic E-state index is 0.109. The number of fused-ring (bicyclic) bond motifs is 3. The van der Waals surface area contributed by atoms with Gasteiger partial charge in [0.25, 0.3) is 0 Å². The second-order valence-electron chi connectivity index (χ2n) is 6.12. The van der Waals surface area contributed by atoms with Crippen molar-refractivity contribution in [3.05, 3.63) is 26.9 Å². The molecule has 1 atom stereocenters. The highest BCUT2D eigenvalue weighted by molar-refractivity contribution is 7.80. The van der Waals surface area contributed by atoms with Crippen molar-refractivity contribution in [1.82, 2.24) is 0 Å². The van der Waals surface area contributed by atoms with E-state index >= 15 is 0 Å². The number of nitrogens with zero attached hydrogens (tertiary/aromatic N) is 1. The van der Waals surface area contributed by atoms with Gasteiger partial charge in [0.15, 0.2) is 0 Å². The molecule has 3 nitrogen and oxygen atoms in total. The van der Waals surface area contributed by atoms with Gasteiger partial charge in [-0.2, -0.15) is 0 Å². The lowest BCUT2D eigenvalue weighted by molar-refractivity contribution is -0.119. The van der Waals surface area contributed by atoms with E-state index in [1.807, 2.05) is 39.0 Å². The predicted molar refractivity (Wildman–Crippen MR) is 105 cm³/mol. The summed E-state index contributed by atoms with van der Waals surface area (Å²) >= 11 is 11.7. The lowest BCUT2D eigenvalue weighted by Gasteiger charge is -2.43. The molecule has 2 heterocycles. The van der Waals surface area contributed by atoms with Crippen LogP contribution in [0.5, 0.6) is 5.75 Å². The van der Waals surface area contributed by atoms with Gasteiger partial charge in [-0.15, -0.1) is 11.6 Å². The van der Waals surface area contributed by atoms with Gasteiger partial charge in [0.05, 0.1) is 22.7 Å². The molecular weight excluding hydrogens is 382 g/mol. The van der Waals surface area contributed by atoms with Crippen LogP contribution in [0.4, 0.5) is 5.69 Å². The summed E-state index contributed by atoms with van der Waals surface area (Å²) < 4.78 is 6.49. The summed E-state index contributed by atoms with van der Waals surface area (Å²) in [4.78, 5) is 15.8. The van der Waals surface area contributed by atoms with Crippen LogP contribution in [0, 0.1) is 3.82 Å². The normalized spacial score (nSPS) is 16.3. The third kappa shape index (κ3) is 2.69. The minimum atomic E-state index is -0.600. The Hall–Kier alpha value is -0.950. The first-order chi connectivity index (χ1) is 11.3. The van der Waals surface area contributed by atoms with Crippen LogP contribution < -0.4 is 9.64 Å². The zero-order valence-corrected chi connectivity index (χ0v) is 17.1. The molecule has 0 saturated heterocycles. The number of carbonyl (C=O) groups is 1. The Morgan fingerprint density at radius 2 is 2.12 bits per heavy atom. The van der Waals surface area contributed by atoms with Gasteiger partial charge in [-0.05, 0) is 45.9 Å². The van der Waals surface area contributed by atoms with E-state index in [0.717, 1.165) is 31.3 Å². The van der Waals surface area contributed by atoms with E-state index in [2.05, 4.69) is 0 Å². The first kappa shape index (κ1) is 17.9. The zero-order valence-electron chi connectivity index (χ0n) is 13.9. The predicted octanol–water partition coefficient (Wildman–Crippen LogP) is 5.81. The summed E-state index contributed by atoms with van der Waals surface area (Å²) in [6, 6.07) is 5.79. The van der Waals surface area contributed by atoms with Crippen LogP contribution in [-0.4, -0.2) is 17.9 Å². The maximum absolute atomic E-state index is 12.8. The number of alkyl halides is 1. The van der Waals surface area contributed by atoms with E-state index < -0.39 is 10.9 Å². The van der Waals surface area contributed by atoms with Gasteiger partial charge in [0.1, 0.15) is 15.0 Å². The van der Waals surface area contributed by atoms with Crippen LogP contribution in [0.2, 0.25) is 0 Å². The molecule has 1 aliphatic heterocycles. The third-order valence-corrected chi connectivity index (χ3v) is 7.61. The van der Waals surface area contributed by atoms with Gasteiger partial charge in [-0.25, -0.2) is 0 Å². The molecule has 1 unspecified atom stereocenters. The van der Waals surface area contributed by atoms with Crippen LogP contribution in [0.1, 0.15) is 32.6 Å². The molecule has 0 saturated carbocycles. The smallest absolute Gasteiger partial charge is 0.245 e. The monoisotopic (exact) mass is 399 g/mol. The third-order valence-electron chi connectivity index (χ3n) is 4.10. The first-order valence-electron chi connectivity index (χ1n) is 7.68. The molecule has 0 radical (unpaired) electrons. The summed E-state index contributed by atoms with van der Waals surface area (Å²) in [7, 11) is 3.21. The first-order valence-corrected chi connectivity index (χ1v) is 10.7. The molecule has 128 valence electrons. The summed E-state index contributed by atoms with van der Waals surface area (Å²) in [5, 5.41) is -0.600. The van der Waals surface area contributed by atoms with E-state index in [0.29, 0.717) is 6.61 Å². The van der Waals surface area contributed by atoms with Gasteiger partial charge in [-0.3, -0.25) is 9.69 Å². The van der Waals surface area contributed by atoms with E-state index in [1.54, 1.807) is 32.5 Å². The van der Waals surface area contributed by atoms with Crippen molar-refractivity contribution in [3.63, 3.8) is 0 Å². The Morgan fingerprint density at radius 1 is 1.42 bits per heavy atom. The molecule has 0 N–H and O–H groups in total. The van der Waals surface area contributed by atoms with Gasteiger partial charge >= 0.3 is 0 Å². The van der Waals surface area contributed by atoms with Crippen molar-refractivity contribution in [1.29, 1.82) is 0 Å². The van der Waals surface area contributed by atoms with Gasteiger partial charge in [0, 0.05) is 11.1 Å². The maximum atomic E-state index is 12.8. The number of anilines is 1. The molecule has 0 bridgehead atoms. The van der Waals surface area contributed by atoms with Crippen molar-refractivity contribution in [2.75, 3.05) is 11.5 Å². The fourth-order valence-electron chi connectivity index (χ4n) is 3.04. The molecule has 1 aromatic carbocycles. The quantitative estimate of drug-likeness (QED) is 0.370. The molecule has 2 aromatic rings. The lowest BCUT2D eigenvalue weighted by atomic mass is 9.87. The average molecular weight is 400 g/mol. The highest BCUT2D eigenvalue weighted by atomic mass is 35.5. The van der Waals surface area contributed by atoms with Crippen molar-refractivity contribution in [2.45, 2.75) is 38.6 Å². The van der Waals surface area contributed by atoms with Crippen LogP contribution in [0.25, 0.3) is 11.1 Å². The Kier molecular flexibility index (Phi) is 4.77. The average Bonchev–Trinajstić information content (AvgIpc) is 2.91. The molecule has 1 amide bonds. The molecule has 0 aliphatic carbocycles. The molecule has 7 heteroatoms. The van der Waals surface area contributed by atoms with Crippen molar-refractivity contribution in [2.24, 2.45) is 0 Å². The highest BCUT2D eigenvalue weighted by Gasteiger charge is 2.43. The number of amides is 1. The largest absolute Gasteiger partial charge is 0.494 e. The van der Waals surface area contributed by atoms with Gasteiger partial charge in [-0.1, -0.05) is 32.9 Å². The molecular formula is C17H18ClNO2S3. The van der Waals surface area contributed by atoms with Crippen LogP contribution in [-0.2, 0) is 10.3 Å². The number of ether oxygens (including phenoxy) is 1.